The topological polar surface area (TPSA) is 61.4 Å². The van der Waals surface area contributed by atoms with Crippen LogP contribution in [0.3, 0.4) is 0 Å². The lowest BCUT2D eigenvalue weighted by molar-refractivity contribution is 0.0948. The molecule has 0 aliphatic rings. The molecule has 2 aromatic carbocycles. The predicted octanol–water partition coefficient (Wildman–Crippen LogP) is 3.01. The first kappa shape index (κ1) is 18.7. The molecular weight excluding hydrogens is 314 g/mol. The van der Waals surface area contributed by atoms with Crippen molar-refractivity contribution in [2.24, 2.45) is 0 Å². The van der Waals surface area contributed by atoms with Crippen molar-refractivity contribution in [2.75, 3.05) is 31.5 Å². The normalized spacial score (nSPS) is 10.5. The maximum Gasteiger partial charge on any atom is 0.255 e. The number of benzene rings is 2. The van der Waals surface area contributed by atoms with Gasteiger partial charge in [-0.25, -0.2) is 0 Å². The van der Waals surface area contributed by atoms with Crippen LogP contribution in [0.5, 0.6) is 0 Å². The molecule has 0 bridgehead atoms. The van der Waals surface area contributed by atoms with Gasteiger partial charge in [0.05, 0.1) is 0 Å². The molecule has 5 heteroatoms. The van der Waals surface area contributed by atoms with Gasteiger partial charge in [-0.15, -0.1) is 0 Å². The molecule has 2 N–H and O–H groups in total. The van der Waals surface area contributed by atoms with Gasteiger partial charge in [0.25, 0.3) is 11.8 Å². The van der Waals surface area contributed by atoms with E-state index in [9.17, 15) is 9.59 Å². The molecule has 0 aliphatic heterocycles. The molecule has 0 saturated heterocycles. The Morgan fingerprint density at radius 3 is 2.04 bits per heavy atom. The second kappa shape index (κ2) is 9.59. The average Bonchev–Trinajstić information content (AvgIpc) is 2.66. The van der Waals surface area contributed by atoms with Gasteiger partial charge in [-0.05, 0) is 49.5 Å². The van der Waals surface area contributed by atoms with Crippen LogP contribution in [0, 0.1) is 0 Å². The summed E-state index contributed by atoms with van der Waals surface area (Å²) in [7, 11) is 0. The van der Waals surface area contributed by atoms with Gasteiger partial charge in [0.15, 0.2) is 0 Å². The first-order valence-corrected chi connectivity index (χ1v) is 8.61. The molecule has 0 spiro atoms. The summed E-state index contributed by atoms with van der Waals surface area (Å²) in [6.07, 6.45) is 0. The Kier molecular flexibility index (Phi) is 7.16. The zero-order chi connectivity index (χ0) is 18.1. The molecule has 0 fully saturated rings. The van der Waals surface area contributed by atoms with E-state index in [2.05, 4.69) is 29.4 Å². The number of hydrogen-bond acceptors (Lipinski definition) is 3. The third kappa shape index (κ3) is 5.72. The Labute approximate surface area is 149 Å². The van der Waals surface area contributed by atoms with Crippen LogP contribution in [0.15, 0.2) is 54.6 Å². The summed E-state index contributed by atoms with van der Waals surface area (Å²) in [6.45, 7) is 7.61. The van der Waals surface area contributed by atoms with Gasteiger partial charge < -0.3 is 15.5 Å². The highest BCUT2D eigenvalue weighted by atomic mass is 16.2. The fraction of sp³-hybridized carbons (Fsp3) is 0.300. The van der Waals surface area contributed by atoms with Crippen LogP contribution in [-0.2, 0) is 0 Å². The summed E-state index contributed by atoms with van der Waals surface area (Å²) in [4.78, 5) is 26.5. The van der Waals surface area contributed by atoms with E-state index in [4.69, 9.17) is 0 Å². The van der Waals surface area contributed by atoms with Gasteiger partial charge in [-0.2, -0.15) is 0 Å². The molecule has 2 amide bonds. The molecule has 0 aromatic heterocycles. The molecule has 132 valence electrons. The number of likely N-dealkylation sites (N-methyl/N-ethyl adjacent to an activating group) is 1. The highest BCUT2D eigenvalue weighted by Gasteiger charge is 2.08. The first-order valence-electron chi connectivity index (χ1n) is 8.61. The Morgan fingerprint density at radius 2 is 1.44 bits per heavy atom. The minimum Gasteiger partial charge on any atom is -0.351 e. The number of nitrogens with zero attached hydrogens (tertiary/aromatic N) is 1. The number of amides is 2. The predicted molar refractivity (Wildman–Crippen MR) is 101 cm³/mol. The van der Waals surface area contributed by atoms with E-state index in [1.807, 2.05) is 18.2 Å². The van der Waals surface area contributed by atoms with Crippen molar-refractivity contribution in [1.29, 1.82) is 0 Å². The lowest BCUT2D eigenvalue weighted by atomic mass is 10.1. The average molecular weight is 339 g/mol. The molecule has 25 heavy (non-hydrogen) atoms. The Balaban J connectivity index is 1.86. The van der Waals surface area contributed by atoms with Crippen LogP contribution < -0.4 is 10.6 Å². The van der Waals surface area contributed by atoms with Crippen LogP contribution in [0.1, 0.15) is 34.6 Å². The van der Waals surface area contributed by atoms with Gasteiger partial charge in [-0.3, -0.25) is 9.59 Å². The number of carbonyl (C=O) groups is 2. The minimum atomic E-state index is -0.169. The Bertz CT molecular complexity index is 680. The van der Waals surface area contributed by atoms with Crippen LogP contribution >= 0.6 is 0 Å². The van der Waals surface area contributed by atoms with Gasteiger partial charge in [0, 0.05) is 29.9 Å². The Hall–Kier alpha value is -2.66. The number of hydrogen-bond donors (Lipinski definition) is 2. The molecule has 0 atom stereocenters. The summed E-state index contributed by atoms with van der Waals surface area (Å²) in [6, 6.07) is 15.9. The van der Waals surface area contributed by atoms with Crippen LogP contribution in [0.2, 0.25) is 0 Å². The molecule has 0 saturated carbocycles. The largest absolute Gasteiger partial charge is 0.351 e. The van der Waals surface area contributed by atoms with Crippen molar-refractivity contribution < 1.29 is 9.59 Å². The third-order valence-corrected chi connectivity index (χ3v) is 4.05. The summed E-state index contributed by atoms with van der Waals surface area (Å²) in [5.74, 6) is -0.273. The zero-order valence-electron chi connectivity index (χ0n) is 14.8. The number of carbonyl (C=O) groups excluding carboxylic acids is 2. The minimum absolute atomic E-state index is 0.104. The van der Waals surface area contributed by atoms with Crippen LogP contribution in [-0.4, -0.2) is 42.9 Å². The maximum absolute atomic E-state index is 12.1. The molecule has 2 rings (SSSR count). The fourth-order valence-corrected chi connectivity index (χ4v) is 2.47. The molecule has 0 unspecified atom stereocenters. The van der Waals surface area contributed by atoms with Crippen LogP contribution in [0.25, 0.3) is 0 Å². The lowest BCUT2D eigenvalue weighted by Gasteiger charge is -2.18. The van der Waals surface area contributed by atoms with E-state index in [1.165, 1.54) is 0 Å². The molecule has 2 aromatic rings. The maximum atomic E-state index is 12.1. The molecule has 5 nitrogen and oxygen atoms in total. The second-order valence-corrected chi connectivity index (χ2v) is 5.68. The number of anilines is 1. The van der Waals surface area contributed by atoms with Crippen molar-refractivity contribution in [2.45, 2.75) is 13.8 Å². The van der Waals surface area contributed by atoms with Gasteiger partial charge in [-0.1, -0.05) is 32.0 Å². The van der Waals surface area contributed by atoms with E-state index in [1.54, 1.807) is 36.4 Å². The highest BCUT2D eigenvalue weighted by molar-refractivity contribution is 6.04. The van der Waals surface area contributed by atoms with E-state index >= 15 is 0 Å². The van der Waals surface area contributed by atoms with Crippen molar-refractivity contribution >= 4 is 17.5 Å². The van der Waals surface area contributed by atoms with Crippen LogP contribution in [0.4, 0.5) is 5.69 Å². The van der Waals surface area contributed by atoms with Gasteiger partial charge in [0.2, 0.25) is 0 Å². The molecule has 0 radical (unpaired) electrons. The van der Waals surface area contributed by atoms with Crippen molar-refractivity contribution in [3.63, 3.8) is 0 Å². The number of rotatable bonds is 8. The Morgan fingerprint density at radius 1 is 0.840 bits per heavy atom. The van der Waals surface area contributed by atoms with E-state index in [-0.39, 0.29) is 11.8 Å². The smallest absolute Gasteiger partial charge is 0.255 e. The van der Waals surface area contributed by atoms with Gasteiger partial charge in [0.1, 0.15) is 0 Å². The monoisotopic (exact) mass is 339 g/mol. The second-order valence-electron chi connectivity index (χ2n) is 5.68. The summed E-state index contributed by atoms with van der Waals surface area (Å²) in [5.41, 5.74) is 1.84. The van der Waals surface area contributed by atoms with E-state index < -0.39 is 0 Å². The standard InChI is InChI=1S/C20H25N3O2/c1-3-23(4-2)15-14-21-19(24)17-10-12-18(13-11-17)22-20(25)16-8-6-5-7-9-16/h5-13H,3-4,14-15H2,1-2H3,(H,21,24)(H,22,25). The third-order valence-electron chi connectivity index (χ3n) is 4.05. The van der Waals surface area contributed by atoms with E-state index in [0.29, 0.717) is 23.4 Å². The van der Waals surface area contributed by atoms with Crippen molar-refractivity contribution in [1.82, 2.24) is 10.2 Å². The molecular formula is C20H25N3O2. The summed E-state index contributed by atoms with van der Waals surface area (Å²) in [5, 5.41) is 5.74. The van der Waals surface area contributed by atoms with Crippen molar-refractivity contribution in [3.05, 3.63) is 65.7 Å². The zero-order valence-corrected chi connectivity index (χ0v) is 14.8. The SMILES string of the molecule is CCN(CC)CCNC(=O)c1ccc(NC(=O)c2ccccc2)cc1. The summed E-state index contributed by atoms with van der Waals surface area (Å²) < 4.78 is 0. The van der Waals surface area contributed by atoms with Gasteiger partial charge >= 0.3 is 0 Å². The fourth-order valence-electron chi connectivity index (χ4n) is 2.47. The molecule has 0 heterocycles. The molecule has 0 aliphatic carbocycles. The summed E-state index contributed by atoms with van der Waals surface area (Å²) >= 11 is 0. The quantitative estimate of drug-likeness (QED) is 0.777. The van der Waals surface area contributed by atoms with E-state index in [0.717, 1.165) is 19.6 Å². The highest BCUT2D eigenvalue weighted by Crippen LogP contribution is 2.11. The number of nitrogens with one attached hydrogen (secondary N) is 2. The van der Waals surface area contributed by atoms with Crippen molar-refractivity contribution in [3.8, 4) is 0 Å². The first-order chi connectivity index (χ1) is 12.1. The lowest BCUT2D eigenvalue weighted by Crippen LogP contribution is -2.34.